The molecule has 1 N–H and O–H groups in total. The summed E-state index contributed by atoms with van der Waals surface area (Å²) in [7, 11) is 3.10. The van der Waals surface area contributed by atoms with Crippen LogP contribution in [-0.2, 0) is 15.9 Å². The van der Waals surface area contributed by atoms with Gasteiger partial charge in [0.05, 0.1) is 18.8 Å². The van der Waals surface area contributed by atoms with Crippen molar-refractivity contribution >= 4 is 33.9 Å². The molecule has 33 heavy (non-hydrogen) atoms. The van der Waals surface area contributed by atoms with E-state index < -0.39 is 5.97 Å². The molecule has 1 unspecified atom stereocenters. The first-order valence-electron chi connectivity index (χ1n) is 11.1. The van der Waals surface area contributed by atoms with Crippen LogP contribution in [0.2, 0.25) is 0 Å². The smallest absolute Gasteiger partial charge is 0.341 e. The number of hydrogen-bond acceptors (Lipinski definition) is 6. The van der Waals surface area contributed by atoms with Crippen LogP contribution in [0.15, 0.2) is 53.9 Å². The molecular weight excluding hydrogens is 436 g/mol. The van der Waals surface area contributed by atoms with Crippen molar-refractivity contribution in [2.45, 2.75) is 24.9 Å². The van der Waals surface area contributed by atoms with Gasteiger partial charge in [-0.05, 0) is 59.2 Å². The number of ether oxygens (including phenoxy) is 2. The van der Waals surface area contributed by atoms with Gasteiger partial charge in [0.25, 0.3) is 5.91 Å². The van der Waals surface area contributed by atoms with Crippen molar-refractivity contribution in [3.05, 3.63) is 81.7 Å². The maximum Gasteiger partial charge on any atom is 0.341 e. The van der Waals surface area contributed by atoms with Gasteiger partial charge in [-0.25, -0.2) is 4.79 Å². The minimum Gasteiger partial charge on any atom is -0.465 e. The van der Waals surface area contributed by atoms with Crippen LogP contribution in [0.4, 0.5) is 10.7 Å². The normalized spacial score (nSPS) is 17.4. The number of anilines is 2. The van der Waals surface area contributed by atoms with Gasteiger partial charge in [0.1, 0.15) is 5.00 Å². The van der Waals surface area contributed by atoms with Crippen molar-refractivity contribution in [2.75, 3.05) is 37.5 Å². The number of methoxy groups -OCH3 is 2. The second-order valence-electron chi connectivity index (χ2n) is 8.44. The lowest BCUT2D eigenvalue weighted by molar-refractivity contribution is 0.0601. The maximum atomic E-state index is 13.0. The summed E-state index contributed by atoms with van der Waals surface area (Å²) in [5.74, 6) is -0.541. The van der Waals surface area contributed by atoms with Crippen LogP contribution in [0, 0.1) is 0 Å². The van der Waals surface area contributed by atoms with Crippen LogP contribution < -0.4 is 10.2 Å². The molecule has 2 heterocycles. The van der Waals surface area contributed by atoms with Gasteiger partial charge < -0.3 is 19.7 Å². The average Bonchev–Trinajstić information content (AvgIpc) is 3.42. The van der Waals surface area contributed by atoms with E-state index in [0.29, 0.717) is 16.1 Å². The standard InChI is InChI=1S/C26H26N2O4S/c1-31-19-13-28(14-19)18-10-7-17(8-11-18)24(29)27-25-23(26(30)32-2)22(15-33-25)21-12-9-16-5-3-4-6-20(16)21/h3-8,10-11,15,19,21H,9,12-14H2,1-2H3,(H,27,29). The Labute approximate surface area is 197 Å². The van der Waals surface area contributed by atoms with Crippen LogP contribution in [0.5, 0.6) is 0 Å². The molecule has 1 amide bonds. The molecule has 0 radical (unpaired) electrons. The van der Waals surface area contributed by atoms with Gasteiger partial charge in [-0.3, -0.25) is 4.79 Å². The molecule has 1 fully saturated rings. The average molecular weight is 463 g/mol. The van der Waals surface area contributed by atoms with Gasteiger partial charge >= 0.3 is 5.97 Å². The van der Waals surface area contributed by atoms with E-state index in [2.05, 4.69) is 22.3 Å². The van der Waals surface area contributed by atoms with E-state index in [9.17, 15) is 9.59 Å². The van der Waals surface area contributed by atoms with Crippen molar-refractivity contribution in [3.63, 3.8) is 0 Å². The Balaban J connectivity index is 1.36. The number of nitrogens with zero attached hydrogens (tertiary/aromatic N) is 1. The molecule has 0 spiro atoms. The van der Waals surface area contributed by atoms with Gasteiger partial charge in [0.15, 0.2) is 0 Å². The number of carbonyl (C=O) groups is 2. The Hall–Kier alpha value is -3.16. The van der Waals surface area contributed by atoms with Gasteiger partial charge in [0, 0.05) is 37.4 Å². The summed E-state index contributed by atoms with van der Waals surface area (Å²) in [6.07, 6.45) is 2.19. The molecule has 1 atom stereocenters. The molecule has 2 aromatic carbocycles. The van der Waals surface area contributed by atoms with E-state index >= 15 is 0 Å². The molecule has 1 aliphatic heterocycles. The molecule has 1 saturated heterocycles. The molecule has 7 heteroatoms. The molecule has 0 saturated carbocycles. The van der Waals surface area contributed by atoms with Gasteiger partial charge in [-0.2, -0.15) is 0 Å². The van der Waals surface area contributed by atoms with Gasteiger partial charge in [-0.1, -0.05) is 24.3 Å². The quantitative estimate of drug-likeness (QED) is 0.538. The topological polar surface area (TPSA) is 67.9 Å². The highest BCUT2D eigenvalue weighted by molar-refractivity contribution is 7.15. The zero-order valence-corrected chi connectivity index (χ0v) is 19.5. The first-order chi connectivity index (χ1) is 16.1. The highest BCUT2D eigenvalue weighted by atomic mass is 32.1. The second-order valence-corrected chi connectivity index (χ2v) is 9.32. The van der Waals surface area contributed by atoms with Crippen LogP contribution >= 0.6 is 11.3 Å². The van der Waals surface area contributed by atoms with Gasteiger partial charge in [-0.15, -0.1) is 11.3 Å². The number of aryl methyl sites for hydroxylation is 1. The molecule has 5 rings (SSSR count). The number of hydrogen-bond donors (Lipinski definition) is 1. The van der Waals surface area contributed by atoms with Crippen LogP contribution in [-0.4, -0.2) is 45.3 Å². The highest BCUT2D eigenvalue weighted by Gasteiger charge is 2.31. The Morgan fingerprint density at radius 1 is 1.03 bits per heavy atom. The van der Waals surface area contributed by atoms with Crippen LogP contribution in [0.1, 0.15) is 49.7 Å². The highest BCUT2D eigenvalue weighted by Crippen LogP contribution is 2.43. The lowest BCUT2D eigenvalue weighted by Gasteiger charge is -2.40. The number of amides is 1. The molecule has 6 nitrogen and oxygen atoms in total. The number of rotatable bonds is 6. The molecule has 170 valence electrons. The first kappa shape index (κ1) is 21.7. The van der Waals surface area contributed by atoms with E-state index in [1.807, 2.05) is 41.8 Å². The van der Waals surface area contributed by atoms with Gasteiger partial charge in [0.2, 0.25) is 0 Å². The van der Waals surface area contributed by atoms with E-state index in [0.717, 1.165) is 37.2 Å². The Bertz CT molecular complexity index is 1180. The molecule has 0 bridgehead atoms. The number of carbonyl (C=O) groups excluding carboxylic acids is 2. The summed E-state index contributed by atoms with van der Waals surface area (Å²) in [5, 5.41) is 5.46. The number of nitrogens with one attached hydrogen (secondary N) is 1. The largest absolute Gasteiger partial charge is 0.465 e. The zero-order chi connectivity index (χ0) is 22.9. The van der Waals surface area contributed by atoms with Crippen molar-refractivity contribution in [1.29, 1.82) is 0 Å². The van der Waals surface area contributed by atoms with Crippen LogP contribution in [0.3, 0.4) is 0 Å². The molecule has 3 aromatic rings. The number of thiophene rings is 1. The second kappa shape index (κ2) is 9.00. The predicted octanol–water partition coefficient (Wildman–Crippen LogP) is 4.70. The molecule has 1 aromatic heterocycles. The molecule has 1 aliphatic carbocycles. The molecule has 2 aliphatic rings. The third-order valence-electron chi connectivity index (χ3n) is 6.62. The first-order valence-corrected chi connectivity index (χ1v) is 11.9. The van der Waals surface area contributed by atoms with Crippen molar-refractivity contribution < 1.29 is 19.1 Å². The minimum atomic E-state index is -0.424. The fourth-order valence-electron chi connectivity index (χ4n) is 4.71. The summed E-state index contributed by atoms with van der Waals surface area (Å²) in [4.78, 5) is 27.9. The van der Waals surface area contributed by atoms with Crippen molar-refractivity contribution in [3.8, 4) is 0 Å². The van der Waals surface area contributed by atoms with E-state index in [1.54, 1.807) is 7.11 Å². The SMILES string of the molecule is COC(=O)c1c(C2CCc3ccccc32)csc1NC(=O)c1ccc(N2CC(OC)C2)cc1. The Morgan fingerprint density at radius 2 is 1.79 bits per heavy atom. The van der Waals surface area contributed by atoms with E-state index in [1.165, 1.54) is 29.6 Å². The lowest BCUT2D eigenvalue weighted by Crippen LogP contribution is -2.51. The maximum absolute atomic E-state index is 13.0. The minimum absolute atomic E-state index is 0.129. The summed E-state index contributed by atoms with van der Waals surface area (Å²) in [6.45, 7) is 1.71. The van der Waals surface area contributed by atoms with E-state index in [-0.39, 0.29) is 17.9 Å². The zero-order valence-electron chi connectivity index (χ0n) is 18.7. The molecular formula is C26H26N2O4S. The van der Waals surface area contributed by atoms with Crippen LogP contribution in [0.25, 0.3) is 0 Å². The predicted molar refractivity (Wildman–Crippen MR) is 130 cm³/mol. The lowest BCUT2D eigenvalue weighted by atomic mass is 9.92. The third kappa shape index (κ3) is 4.03. The fraction of sp³-hybridized carbons (Fsp3) is 0.308. The summed E-state index contributed by atoms with van der Waals surface area (Å²) < 4.78 is 10.4. The third-order valence-corrected chi connectivity index (χ3v) is 7.53. The fourth-order valence-corrected chi connectivity index (χ4v) is 5.71. The monoisotopic (exact) mass is 462 g/mol. The van der Waals surface area contributed by atoms with Crippen molar-refractivity contribution in [2.24, 2.45) is 0 Å². The number of fused-ring (bicyclic) bond motifs is 1. The van der Waals surface area contributed by atoms with E-state index in [4.69, 9.17) is 9.47 Å². The summed E-state index contributed by atoms with van der Waals surface area (Å²) >= 11 is 1.37. The number of benzene rings is 2. The summed E-state index contributed by atoms with van der Waals surface area (Å²) in [6, 6.07) is 15.8. The van der Waals surface area contributed by atoms with Crippen molar-refractivity contribution in [1.82, 2.24) is 0 Å². The Morgan fingerprint density at radius 3 is 2.52 bits per heavy atom. The Kier molecular flexibility index (Phi) is 5.91. The number of esters is 1. The summed E-state index contributed by atoms with van der Waals surface area (Å²) in [5.41, 5.74) is 5.55.